The predicted molar refractivity (Wildman–Crippen MR) is 116 cm³/mol. The van der Waals surface area contributed by atoms with Crippen molar-refractivity contribution in [2.75, 3.05) is 0 Å². The lowest BCUT2D eigenvalue weighted by Gasteiger charge is -2.12. The van der Waals surface area contributed by atoms with Gasteiger partial charge in [0, 0.05) is 29.9 Å². The molecule has 0 saturated carbocycles. The van der Waals surface area contributed by atoms with E-state index in [0.29, 0.717) is 0 Å². The molecule has 0 fully saturated rings. The molecular formula is C26H22N3+. The molecule has 29 heavy (non-hydrogen) atoms. The first kappa shape index (κ1) is 16.4. The summed E-state index contributed by atoms with van der Waals surface area (Å²) in [7, 11) is 2.14. The van der Waals surface area contributed by atoms with Crippen molar-refractivity contribution in [1.29, 1.82) is 0 Å². The molecule has 140 valence electrons. The summed E-state index contributed by atoms with van der Waals surface area (Å²) in [6.45, 7) is 2.23. The molecule has 5 aromatic rings. The van der Waals surface area contributed by atoms with Crippen molar-refractivity contribution >= 4 is 5.52 Å². The predicted octanol–water partition coefficient (Wildman–Crippen LogP) is 5.10. The van der Waals surface area contributed by atoms with Gasteiger partial charge in [-0.15, -0.1) is 0 Å². The van der Waals surface area contributed by atoms with E-state index in [0.717, 1.165) is 6.42 Å². The Morgan fingerprint density at radius 3 is 2.59 bits per heavy atom. The summed E-state index contributed by atoms with van der Waals surface area (Å²) in [5, 5.41) is 0. The van der Waals surface area contributed by atoms with Crippen molar-refractivity contribution in [3.05, 3.63) is 102 Å². The van der Waals surface area contributed by atoms with Gasteiger partial charge in [0.25, 0.3) is 5.82 Å². The Kier molecular flexibility index (Phi) is 3.36. The monoisotopic (exact) mass is 376 g/mol. The lowest BCUT2D eigenvalue weighted by Crippen LogP contribution is -2.29. The number of imidazole rings is 1. The van der Waals surface area contributed by atoms with Gasteiger partial charge in [-0.25, -0.2) is 4.57 Å². The van der Waals surface area contributed by atoms with Crippen molar-refractivity contribution in [2.45, 2.75) is 13.3 Å². The maximum Gasteiger partial charge on any atom is 0.294 e. The van der Waals surface area contributed by atoms with Gasteiger partial charge in [-0.3, -0.25) is 0 Å². The zero-order valence-corrected chi connectivity index (χ0v) is 16.6. The number of rotatable bonds is 2. The largest absolute Gasteiger partial charge is 0.324 e. The number of benzene rings is 2. The van der Waals surface area contributed by atoms with Gasteiger partial charge in [-0.1, -0.05) is 30.3 Å². The van der Waals surface area contributed by atoms with Gasteiger partial charge in [-0.05, 0) is 59.5 Å². The van der Waals surface area contributed by atoms with Gasteiger partial charge in [0.15, 0.2) is 0 Å². The van der Waals surface area contributed by atoms with Crippen LogP contribution in [0.25, 0.3) is 33.7 Å². The molecule has 3 heteroatoms. The van der Waals surface area contributed by atoms with E-state index in [2.05, 4.69) is 113 Å². The van der Waals surface area contributed by atoms with Crippen molar-refractivity contribution < 1.29 is 4.57 Å². The van der Waals surface area contributed by atoms with Gasteiger partial charge in [0.05, 0.1) is 12.6 Å². The SMILES string of the molecule is Cc1ccc2c(c1-c1n(-c3ccccc3)cc[n+]1C)-c1cc3cccn3cc1C2. The molecule has 0 radical (unpaired) electrons. The Balaban J connectivity index is 1.67. The third-order valence-electron chi connectivity index (χ3n) is 6.15. The molecule has 6 rings (SSSR count). The molecule has 0 N–H and O–H groups in total. The summed E-state index contributed by atoms with van der Waals surface area (Å²) in [5.41, 5.74) is 10.6. The Bertz CT molecular complexity index is 1390. The van der Waals surface area contributed by atoms with E-state index in [1.165, 1.54) is 50.4 Å². The number of fused-ring (bicyclic) bond motifs is 4. The summed E-state index contributed by atoms with van der Waals surface area (Å²) in [4.78, 5) is 0. The van der Waals surface area contributed by atoms with E-state index in [1.807, 2.05) is 0 Å². The molecule has 0 unspecified atom stereocenters. The van der Waals surface area contributed by atoms with Crippen LogP contribution in [0.2, 0.25) is 0 Å². The maximum atomic E-state index is 2.35. The van der Waals surface area contributed by atoms with Crippen molar-refractivity contribution in [2.24, 2.45) is 7.05 Å². The normalized spacial score (nSPS) is 12.3. The highest BCUT2D eigenvalue weighted by Crippen LogP contribution is 2.44. The Morgan fingerprint density at radius 2 is 1.72 bits per heavy atom. The van der Waals surface area contributed by atoms with Crippen LogP contribution in [-0.4, -0.2) is 8.97 Å². The number of para-hydroxylation sites is 1. The Morgan fingerprint density at radius 1 is 0.862 bits per heavy atom. The third kappa shape index (κ3) is 2.34. The van der Waals surface area contributed by atoms with Crippen LogP contribution in [0.5, 0.6) is 0 Å². The molecule has 3 nitrogen and oxygen atoms in total. The second kappa shape index (κ2) is 5.95. The average molecular weight is 376 g/mol. The van der Waals surface area contributed by atoms with E-state index in [-0.39, 0.29) is 0 Å². The first-order chi connectivity index (χ1) is 14.2. The van der Waals surface area contributed by atoms with Gasteiger partial charge >= 0.3 is 0 Å². The fourth-order valence-corrected chi connectivity index (χ4v) is 4.77. The van der Waals surface area contributed by atoms with E-state index in [4.69, 9.17) is 0 Å². The van der Waals surface area contributed by atoms with Crippen LogP contribution in [0.1, 0.15) is 16.7 Å². The molecule has 3 aromatic heterocycles. The molecule has 2 aromatic carbocycles. The zero-order chi connectivity index (χ0) is 19.5. The topological polar surface area (TPSA) is 13.2 Å². The molecule has 0 spiro atoms. The number of aromatic nitrogens is 3. The minimum Gasteiger partial charge on any atom is -0.324 e. The maximum absolute atomic E-state index is 2.35. The quantitative estimate of drug-likeness (QED) is 0.373. The summed E-state index contributed by atoms with van der Waals surface area (Å²) in [6, 6.07) is 21.8. The smallest absolute Gasteiger partial charge is 0.294 e. The molecule has 1 aliphatic carbocycles. The highest BCUT2D eigenvalue weighted by molar-refractivity contribution is 5.91. The molecule has 0 saturated heterocycles. The van der Waals surface area contributed by atoms with Gasteiger partial charge in [0.1, 0.15) is 18.1 Å². The highest BCUT2D eigenvalue weighted by atomic mass is 15.1. The fraction of sp³-hybridized carbons (Fsp3) is 0.115. The second-order valence-electron chi connectivity index (χ2n) is 7.96. The zero-order valence-electron chi connectivity index (χ0n) is 16.6. The minimum atomic E-state index is 0.988. The number of pyridine rings is 1. The van der Waals surface area contributed by atoms with Gasteiger partial charge in [-0.2, -0.15) is 4.57 Å². The molecule has 0 aliphatic heterocycles. The molecule has 0 amide bonds. The third-order valence-corrected chi connectivity index (χ3v) is 6.15. The van der Waals surface area contributed by atoms with Crippen molar-refractivity contribution in [3.63, 3.8) is 0 Å². The Hall–Kier alpha value is -3.59. The van der Waals surface area contributed by atoms with E-state index >= 15 is 0 Å². The number of nitrogens with zero attached hydrogens (tertiary/aromatic N) is 3. The summed E-state index contributed by atoms with van der Waals surface area (Å²) in [5.74, 6) is 1.22. The standard InChI is InChI=1S/C26H22N3/c1-18-10-11-19-15-20-17-28-12-6-9-22(28)16-23(20)25(19)24(18)26-27(2)13-14-29(26)21-7-4-3-5-8-21/h3-14,16-17H,15H2,1-2H3/q+1. The molecular weight excluding hydrogens is 354 g/mol. The van der Waals surface area contributed by atoms with Crippen LogP contribution in [0.4, 0.5) is 0 Å². The lowest BCUT2D eigenvalue weighted by molar-refractivity contribution is -0.659. The van der Waals surface area contributed by atoms with Crippen molar-refractivity contribution in [1.82, 2.24) is 8.97 Å². The van der Waals surface area contributed by atoms with Crippen LogP contribution < -0.4 is 4.57 Å². The van der Waals surface area contributed by atoms with Crippen LogP contribution >= 0.6 is 0 Å². The number of aryl methyl sites for hydroxylation is 2. The summed E-state index contributed by atoms with van der Waals surface area (Å²) in [6.07, 6.45) is 9.72. The molecule has 3 heterocycles. The molecule has 0 bridgehead atoms. The number of hydrogen-bond donors (Lipinski definition) is 0. The van der Waals surface area contributed by atoms with E-state index in [9.17, 15) is 0 Å². The van der Waals surface area contributed by atoms with Crippen molar-refractivity contribution in [3.8, 4) is 28.2 Å². The van der Waals surface area contributed by atoms with Gasteiger partial charge < -0.3 is 4.40 Å². The van der Waals surface area contributed by atoms with E-state index < -0.39 is 0 Å². The van der Waals surface area contributed by atoms with Gasteiger partial charge in [0.2, 0.25) is 0 Å². The highest BCUT2D eigenvalue weighted by Gasteiger charge is 2.30. The van der Waals surface area contributed by atoms with Crippen LogP contribution in [-0.2, 0) is 13.5 Å². The average Bonchev–Trinajstić information content (AvgIpc) is 3.44. The summed E-state index contributed by atoms with van der Waals surface area (Å²) >= 11 is 0. The van der Waals surface area contributed by atoms with Crippen LogP contribution in [0.15, 0.2) is 85.5 Å². The Labute approximate surface area is 170 Å². The van der Waals surface area contributed by atoms with E-state index in [1.54, 1.807) is 0 Å². The van der Waals surface area contributed by atoms with Crippen LogP contribution in [0, 0.1) is 6.92 Å². The second-order valence-corrected chi connectivity index (χ2v) is 7.96. The molecule has 0 atom stereocenters. The first-order valence-corrected chi connectivity index (χ1v) is 10.1. The van der Waals surface area contributed by atoms with Crippen LogP contribution in [0.3, 0.4) is 0 Å². The minimum absolute atomic E-state index is 0.988. The lowest BCUT2D eigenvalue weighted by atomic mass is 9.94. The summed E-state index contributed by atoms with van der Waals surface area (Å²) < 4.78 is 6.77. The molecule has 1 aliphatic rings. The fourth-order valence-electron chi connectivity index (χ4n) is 4.77. The first-order valence-electron chi connectivity index (χ1n) is 10.1. The number of hydrogen-bond acceptors (Lipinski definition) is 0.